The van der Waals surface area contributed by atoms with E-state index in [1.54, 1.807) is 23.9 Å². The van der Waals surface area contributed by atoms with Gasteiger partial charge in [0.2, 0.25) is 0 Å². The van der Waals surface area contributed by atoms with E-state index in [0.717, 1.165) is 5.56 Å². The number of carboxylic acids is 1. The fourth-order valence-electron chi connectivity index (χ4n) is 1.77. The van der Waals surface area contributed by atoms with Crippen molar-refractivity contribution in [3.63, 3.8) is 0 Å². The number of carboxylic acid groups (broad SMARTS) is 1. The molecule has 0 saturated carbocycles. The maximum absolute atomic E-state index is 11.7. The van der Waals surface area contributed by atoms with Crippen LogP contribution in [0.4, 0.5) is 10.5 Å². The average molecular weight is 310 g/mol. The number of nitrogens with one attached hydrogen (secondary N) is 2. The van der Waals surface area contributed by atoms with Gasteiger partial charge in [0.15, 0.2) is 0 Å². The van der Waals surface area contributed by atoms with E-state index in [0.29, 0.717) is 17.5 Å². The number of benzene rings is 1. The van der Waals surface area contributed by atoms with Gasteiger partial charge in [-0.1, -0.05) is 26.0 Å². The lowest BCUT2D eigenvalue weighted by molar-refractivity contribution is -0.137. The Morgan fingerprint density at radius 3 is 2.38 bits per heavy atom. The van der Waals surface area contributed by atoms with Crippen LogP contribution in [-0.4, -0.2) is 35.2 Å². The van der Waals surface area contributed by atoms with Crippen molar-refractivity contribution in [3.8, 4) is 0 Å². The molecule has 21 heavy (non-hydrogen) atoms. The Morgan fingerprint density at radius 1 is 1.24 bits per heavy atom. The average Bonchev–Trinajstić information content (AvgIpc) is 2.44. The molecule has 0 saturated heterocycles. The largest absolute Gasteiger partial charge is 0.481 e. The molecule has 0 heterocycles. The van der Waals surface area contributed by atoms with Gasteiger partial charge in [-0.15, -0.1) is 0 Å². The van der Waals surface area contributed by atoms with Crippen molar-refractivity contribution in [2.45, 2.75) is 31.4 Å². The zero-order valence-electron chi connectivity index (χ0n) is 12.6. The Morgan fingerprint density at radius 2 is 1.86 bits per heavy atom. The Labute approximate surface area is 129 Å². The van der Waals surface area contributed by atoms with Gasteiger partial charge in [0, 0.05) is 17.5 Å². The molecule has 3 N–H and O–H groups in total. The smallest absolute Gasteiger partial charge is 0.319 e. The van der Waals surface area contributed by atoms with Gasteiger partial charge in [-0.3, -0.25) is 4.79 Å². The van der Waals surface area contributed by atoms with Crippen LogP contribution in [0.15, 0.2) is 24.3 Å². The van der Waals surface area contributed by atoms with Gasteiger partial charge in [0.25, 0.3) is 0 Å². The summed E-state index contributed by atoms with van der Waals surface area (Å²) in [5.74, 6) is -0.861. The molecular weight excluding hydrogens is 288 g/mol. The predicted octanol–water partition coefficient (Wildman–Crippen LogP) is 3.14. The van der Waals surface area contributed by atoms with E-state index in [-0.39, 0.29) is 18.4 Å². The fourth-order valence-corrected chi connectivity index (χ4v) is 2.02. The number of rotatable bonds is 7. The maximum Gasteiger partial charge on any atom is 0.319 e. The minimum Gasteiger partial charge on any atom is -0.481 e. The molecule has 1 aromatic rings. The number of hydrogen-bond donors (Lipinski definition) is 3. The van der Waals surface area contributed by atoms with Crippen molar-refractivity contribution in [1.82, 2.24) is 5.32 Å². The van der Waals surface area contributed by atoms with Crippen LogP contribution < -0.4 is 10.6 Å². The lowest BCUT2D eigenvalue weighted by Gasteiger charge is -2.12. The molecule has 0 aliphatic carbocycles. The molecule has 0 aromatic heterocycles. The first kappa shape index (κ1) is 17.4. The van der Waals surface area contributed by atoms with Crippen molar-refractivity contribution >= 4 is 29.4 Å². The van der Waals surface area contributed by atoms with E-state index in [4.69, 9.17) is 5.11 Å². The van der Waals surface area contributed by atoms with Crippen LogP contribution in [0.25, 0.3) is 0 Å². The second-order valence-corrected chi connectivity index (χ2v) is 6.28. The molecule has 1 rings (SSSR count). The van der Waals surface area contributed by atoms with Crippen molar-refractivity contribution < 1.29 is 14.7 Å². The Balaban J connectivity index is 2.50. The maximum atomic E-state index is 11.7. The molecule has 0 bridgehead atoms. The monoisotopic (exact) mass is 310 g/mol. The summed E-state index contributed by atoms with van der Waals surface area (Å²) in [5, 5.41) is 14.7. The fraction of sp³-hybridized carbons (Fsp3) is 0.467. The lowest BCUT2D eigenvalue weighted by Crippen LogP contribution is -2.33. The van der Waals surface area contributed by atoms with E-state index in [2.05, 4.69) is 10.6 Å². The number of carbonyl (C=O) groups excluding carboxylic acids is 1. The van der Waals surface area contributed by atoms with Crippen LogP contribution in [-0.2, 0) is 4.79 Å². The van der Waals surface area contributed by atoms with Gasteiger partial charge in [0.1, 0.15) is 0 Å². The van der Waals surface area contributed by atoms with Crippen LogP contribution in [0.2, 0.25) is 0 Å². The second kappa shape index (κ2) is 8.56. The van der Waals surface area contributed by atoms with E-state index in [9.17, 15) is 9.59 Å². The predicted molar refractivity (Wildman–Crippen MR) is 87.1 cm³/mol. The molecule has 0 spiro atoms. The molecule has 2 atom stereocenters. The highest BCUT2D eigenvalue weighted by Crippen LogP contribution is 2.20. The molecular formula is C15H22N2O3S. The van der Waals surface area contributed by atoms with Crippen LogP contribution in [0.3, 0.4) is 0 Å². The molecule has 5 nitrogen and oxygen atoms in total. The number of anilines is 1. The molecule has 0 aliphatic heterocycles. The third kappa shape index (κ3) is 6.53. The number of hydrogen-bond acceptors (Lipinski definition) is 3. The summed E-state index contributed by atoms with van der Waals surface area (Å²) in [4.78, 5) is 22.4. The molecule has 0 aliphatic rings. The Bertz CT molecular complexity index is 476. The molecule has 0 fully saturated rings. The number of carbonyl (C=O) groups is 2. The molecule has 116 valence electrons. The van der Waals surface area contributed by atoms with E-state index < -0.39 is 5.97 Å². The van der Waals surface area contributed by atoms with Crippen LogP contribution in [0.5, 0.6) is 0 Å². The van der Waals surface area contributed by atoms with Gasteiger partial charge in [-0.2, -0.15) is 11.8 Å². The molecule has 6 heteroatoms. The van der Waals surface area contributed by atoms with Gasteiger partial charge < -0.3 is 15.7 Å². The first-order valence-electron chi connectivity index (χ1n) is 6.81. The summed E-state index contributed by atoms with van der Waals surface area (Å²) in [6, 6.07) is 7.01. The topological polar surface area (TPSA) is 78.4 Å². The summed E-state index contributed by atoms with van der Waals surface area (Å²) in [6.45, 7) is 4.53. The Kier molecular flexibility index (Phi) is 7.08. The van der Waals surface area contributed by atoms with Crippen molar-refractivity contribution in [2.24, 2.45) is 0 Å². The minimum absolute atomic E-state index is 0.0483. The van der Waals surface area contributed by atoms with Crippen LogP contribution >= 0.6 is 11.8 Å². The Hall–Kier alpha value is -1.69. The van der Waals surface area contributed by atoms with Gasteiger partial charge in [0.05, 0.1) is 6.42 Å². The van der Waals surface area contributed by atoms with E-state index in [1.165, 1.54) is 0 Å². The lowest BCUT2D eigenvalue weighted by atomic mass is 9.98. The summed E-state index contributed by atoms with van der Waals surface area (Å²) < 4.78 is 0. The number of aliphatic carboxylic acids is 1. The SMILES string of the molecule is CSC(C)CNC(=O)Nc1ccc(C(C)CC(=O)O)cc1. The van der Waals surface area contributed by atoms with E-state index >= 15 is 0 Å². The van der Waals surface area contributed by atoms with Crippen LogP contribution in [0.1, 0.15) is 31.7 Å². The minimum atomic E-state index is -0.813. The van der Waals surface area contributed by atoms with E-state index in [1.807, 2.05) is 32.2 Å². The zero-order valence-corrected chi connectivity index (χ0v) is 13.4. The third-order valence-electron chi connectivity index (χ3n) is 3.17. The van der Waals surface area contributed by atoms with Crippen molar-refractivity contribution in [1.29, 1.82) is 0 Å². The van der Waals surface area contributed by atoms with Gasteiger partial charge in [-0.05, 0) is 29.9 Å². The standard InChI is InChI=1S/C15H22N2O3S/c1-10(8-14(18)19)12-4-6-13(7-5-12)17-15(20)16-9-11(2)21-3/h4-7,10-11H,8-9H2,1-3H3,(H,18,19)(H2,16,17,20). The van der Waals surface area contributed by atoms with Gasteiger partial charge >= 0.3 is 12.0 Å². The zero-order chi connectivity index (χ0) is 15.8. The number of urea groups is 1. The quantitative estimate of drug-likeness (QED) is 0.723. The number of thioether (sulfide) groups is 1. The van der Waals surface area contributed by atoms with Gasteiger partial charge in [-0.25, -0.2) is 4.79 Å². The summed E-state index contributed by atoms with van der Waals surface area (Å²) in [7, 11) is 0. The highest BCUT2D eigenvalue weighted by molar-refractivity contribution is 7.99. The van der Waals surface area contributed by atoms with Crippen LogP contribution in [0, 0.1) is 0 Å². The summed E-state index contributed by atoms with van der Waals surface area (Å²) >= 11 is 1.69. The van der Waals surface area contributed by atoms with Crippen molar-refractivity contribution in [2.75, 3.05) is 18.1 Å². The first-order valence-corrected chi connectivity index (χ1v) is 8.10. The third-order valence-corrected chi connectivity index (χ3v) is 4.14. The highest BCUT2D eigenvalue weighted by atomic mass is 32.2. The normalized spacial score (nSPS) is 13.3. The number of amides is 2. The first-order chi connectivity index (χ1) is 9.92. The summed E-state index contributed by atoms with van der Waals surface area (Å²) in [5.41, 5.74) is 1.63. The van der Waals surface area contributed by atoms with Crippen molar-refractivity contribution in [3.05, 3.63) is 29.8 Å². The second-order valence-electron chi connectivity index (χ2n) is 5.00. The molecule has 0 radical (unpaired) electrons. The molecule has 2 unspecified atom stereocenters. The summed E-state index contributed by atoms with van der Waals surface area (Å²) in [6.07, 6.45) is 2.10. The highest BCUT2D eigenvalue weighted by Gasteiger charge is 2.10. The molecule has 2 amide bonds. The molecule has 1 aromatic carbocycles.